The zero-order valence-electron chi connectivity index (χ0n) is 17.7. The van der Waals surface area contributed by atoms with E-state index in [0.717, 1.165) is 25.0 Å². The fraction of sp³-hybridized carbons (Fsp3) is 0.480. The first-order chi connectivity index (χ1) is 13.3. The van der Waals surface area contributed by atoms with Gasteiger partial charge in [0, 0.05) is 11.8 Å². The van der Waals surface area contributed by atoms with Crippen LogP contribution in [0.5, 0.6) is 0 Å². The summed E-state index contributed by atoms with van der Waals surface area (Å²) in [6, 6.07) is 17.2. The lowest BCUT2D eigenvalue weighted by Gasteiger charge is -2.35. The lowest BCUT2D eigenvalue weighted by Crippen LogP contribution is -2.29. The van der Waals surface area contributed by atoms with Gasteiger partial charge in [0.2, 0.25) is 0 Å². The Morgan fingerprint density at radius 2 is 1.54 bits per heavy atom. The van der Waals surface area contributed by atoms with E-state index in [1.165, 1.54) is 28.7 Å². The Morgan fingerprint density at radius 3 is 2.21 bits per heavy atom. The molecule has 0 aliphatic heterocycles. The van der Waals surface area contributed by atoms with E-state index in [-0.39, 0.29) is 18.2 Å². The molecule has 1 atom stereocenters. The van der Waals surface area contributed by atoms with Crippen LogP contribution in [0.3, 0.4) is 0 Å². The third-order valence-electron chi connectivity index (χ3n) is 6.39. The van der Waals surface area contributed by atoms with E-state index < -0.39 is 0 Å². The maximum absolute atomic E-state index is 8.89. The molecular formula is C25H34N2O. The van der Waals surface area contributed by atoms with Gasteiger partial charge >= 0.3 is 0 Å². The minimum Gasteiger partial charge on any atom is -0.375 e. The maximum atomic E-state index is 8.89. The van der Waals surface area contributed by atoms with E-state index in [4.69, 9.17) is 10.8 Å². The lowest BCUT2D eigenvalue weighted by atomic mass is 9.71. The molecule has 0 radical (unpaired) electrons. The van der Waals surface area contributed by atoms with Gasteiger partial charge in [0.25, 0.3) is 0 Å². The Hall–Kier alpha value is -1.97. The van der Waals surface area contributed by atoms with Gasteiger partial charge in [-0.15, -0.1) is 0 Å². The number of aliphatic hydroxyl groups is 1. The molecule has 0 saturated heterocycles. The highest BCUT2D eigenvalue weighted by molar-refractivity contribution is 6.03. The van der Waals surface area contributed by atoms with Gasteiger partial charge < -0.3 is 10.8 Å². The van der Waals surface area contributed by atoms with Crippen molar-refractivity contribution in [3.8, 4) is 0 Å². The largest absolute Gasteiger partial charge is 0.375 e. The molecule has 4 rings (SSSR count). The molecule has 150 valence electrons. The molecule has 3 nitrogen and oxygen atoms in total. The third kappa shape index (κ3) is 4.21. The normalized spacial score (nSPS) is 23.2. The van der Waals surface area contributed by atoms with Crippen molar-refractivity contribution in [1.82, 2.24) is 0 Å². The van der Waals surface area contributed by atoms with Gasteiger partial charge in [-0.3, -0.25) is 4.99 Å². The maximum Gasteiger partial charge on any atom is 0.134 e. The van der Waals surface area contributed by atoms with Gasteiger partial charge in [0.1, 0.15) is 6.73 Å². The van der Waals surface area contributed by atoms with Crippen molar-refractivity contribution < 1.29 is 5.11 Å². The molecule has 28 heavy (non-hydrogen) atoms. The van der Waals surface area contributed by atoms with Gasteiger partial charge in [-0.1, -0.05) is 76.2 Å². The lowest BCUT2D eigenvalue weighted by molar-refractivity contribution is 0.308. The molecule has 0 heterocycles. The molecule has 0 bridgehead atoms. The van der Waals surface area contributed by atoms with Gasteiger partial charge in [-0.25, -0.2) is 0 Å². The van der Waals surface area contributed by atoms with E-state index in [9.17, 15) is 0 Å². The van der Waals surface area contributed by atoms with Gasteiger partial charge in [-0.2, -0.15) is 0 Å². The summed E-state index contributed by atoms with van der Waals surface area (Å²) in [5.41, 5.74) is 13.0. The van der Waals surface area contributed by atoms with Crippen LogP contribution in [0.15, 0.2) is 53.5 Å². The van der Waals surface area contributed by atoms with Gasteiger partial charge in [-0.05, 0) is 58.8 Å². The first kappa shape index (κ1) is 20.8. The molecule has 2 aliphatic rings. The summed E-state index contributed by atoms with van der Waals surface area (Å²) in [6.07, 6.45) is 4.38. The number of nitrogens with two attached hydrogens (primary N) is 1. The van der Waals surface area contributed by atoms with Crippen LogP contribution in [-0.2, 0) is 10.8 Å². The zero-order chi connectivity index (χ0) is 20.4. The second-order valence-corrected chi connectivity index (χ2v) is 9.29. The average molecular weight is 379 g/mol. The molecule has 0 saturated carbocycles. The van der Waals surface area contributed by atoms with Crippen LogP contribution < -0.4 is 5.73 Å². The highest BCUT2D eigenvalue weighted by Crippen LogP contribution is 2.40. The number of rotatable bonds is 1. The molecule has 1 unspecified atom stereocenters. The minimum atomic E-state index is -0.107. The van der Waals surface area contributed by atoms with Gasteiger partial charge in [0.15, 0.2) is 0 Å². The number of aliphatic imine (C=N–C) groups is 1. The van der Waals surface area contributed by atoms with Crippen LogP contribution in [-0.4, -0.2) is 17.5 Å². The Kier molecular flexibility index (Phi) is 6.07. The van der Waals surface area contributed by atoms with E-state index in [0.29, 0.717) is 5.41 Å². The van der Waals surface area contributed by atoms with Crippen molar-refractivity contribution >= 4 is 5.71 Å². The topological polar surface area (TPSA) is 58.6 Å². The fourth-order valence-electron chi connectivity index (χ4n) is 4.52. The zero-order valence-corrected chi connectivity index (χ0v) is 17.7. The summed E-state index contributed by atoms with van der Waals surface area (Å²) in [5.74, 6) is 0. The molecule has 2 aromatic carbocycles. The first-order valence-electron chi connectivity index (χ1n) is 10.4. The highest BCUT2D eigenvalue weighted by atomic mass is 16.3. The number of fused-ring (bicyclic) bond motifs is 2. The van der Waals surface area contributed by atoms with Crippen LogP contribution in [0.2, 0.25) is 0 Å². The third-order valence-corrected chi connectivity index (χ3v) is 6.39. The van der Waals surface area contributed by atoms with E-state index in [1.54, 1.807) is 0 Å². The van der Waals surface area contributed by atoms with Crippen molar-refractivity contribution in [2.75, 3.05) is 6.73 Å². The van der Waals surface area contributed by atoms with Crippen molar-refractivity contribution in [2.24, 2.45) is 10.7 Å². The number of aliphatic hydroxyl groups excluding tert-OH is 1. The smallest absolute Gasteiger partial charge is 0.134 e. The minimum absolute atomic E-state index is 0.107. The molecule has 2 aromatic rings. The fourth-order valence-corrected chi connectivity index (χ4v) is 4.52. The summed E-state index contributed by atoms with van der Waals surface area (Å²) < 4.78 is 0. The molecule has 0 spiro atoms. The molecule has 3 heteroatoms. The van der Waals surface area contributed by atoms with Gasteiger partial charge in [0.05, 0.1) is 0 Å². The summed E-state index contributed by atoms with van der Waals surface area (Å²) in [6.45, 7) is 9.03. The number of hydrogen-bond donors (Lipinski definition) is 2. The Labute approximate surface area is 169 Å². The Morgan fingerprint density at radius 1 is 0.929 bits per heavy atom. The second kappa shape index (κ2) is 8.18. The number of hydrogen-bond acceptors (Lipinski definition) is 3. The standard InChI is InChI=1S/C13H17NO.C12H17N/c1-13(2)8-7-12(14-9-15)10-5-3-4-6-11(10)13;1-12(2)8-7-11(13)9-5-3-4-6-10(9)12/h3-6,15H,7-9H2,1-2H3;3-6,11H,7-8,13H2,1-2H3. The second-order valence-electron chi connectivity index (χ2n) is 9.29. The SMILES string of the molecule is CC1(C)CCC(=NCO)c2ccccc21.CC1(C)CCC(N)c2ccccc21. The van der Waals surface area contributed by atoms with E-state index >= 15 is 0 Å². The summed E-state index contributed by atoms with van der Waals surface area (Å²) in [7, 11) is 0. The summed E-state index contributed by atoms with van der Waals surface area (Å²) in [4.78, 5) is 4.16. The molecular weight excluding hydrogens is 344 g/mol. The van der Waals surface area contributed by atoms with E-state index in [2.05, 4.69) is 75.2 Å². The van der Waals surface area contributed by atoms with Crippen molar-refractivity contribution in [1.29, 1.82) is 0 Å². The Bertz CT molecular complexity index is 851. The summed E-state index contributed by atoms with van der Waals surface area (Å²) in [5, 5.41) is 8.89. The molecule has 2 aliphatic carbocycles. The van der Waals surface area contributed by atoms with Crippen LogP contribution in [0.1, 0.15) is 81.7 Å². The number of nitrogens with zero attached hydrogens (tertiary/aromatic N) is 1. The molecule has 0 amide bonds. The van der Waals surface area contributed by atoms with Crippen LogP contribution in [0, 0.1) is 0 Å². The monoisotopic (exact) mass is 378 g/mol. The molecule has 0 aromatic heterocycles. The van der Waals surface area contributed by atoms with Crippen LogP contribution >= 0.6 is 0 Å². The summed E-state index contributed by atoms with van der Waals surface area (Å²) >= 11 is 0. The average Bonchev–Trinajstić information content (AvgIpc) is 2.69. The van der Waals surface area contributed by atoms with Crippen molar-refractivity contribution in [2.45, 2.75) is 70.3 Å². The van der Waals surface area contributed by atoms with E-state index in [1.807, 2.05) is 6.07 Å². The van der Waals surface area contributed by atoms with Crippen molar-refractivity contribution in [3.63, 3.8) is 0 Å². The van der Waals surface area contributed by atoms with Crippen LogP contribution in [0.25, 0.3) is 0 Å². The molecule has 0 fully saturated rings. The predicted molar refractivity (Wildman–Crippen MR) is 118 cm³/mol. The molecule has 3 N–H and O–H groups in total. The van der Waals surface area contributed by atoms with Crippen LogP contribution in [0.4, 0.5) is 0 Å². The van der Waals surface area contributed by atoms with Crippen molar-refractivity contribution in [3.05, 3.63) is 70.8 Å². The predicted octanol–water partition coefficient (Wildman–Crippen LogP) is 5.25. The Balaban J connectivity index is 0.000000162. The quantitative estimate of drug-likeness (QED) is 0.711. The first-order valence-corrected chi connectivity index (χ1v) is 10.4. The highest BCUT2D eigenvalue weighted by Gasteiger charge is 2.31. The number of benzene rings is 2.